The summed E-state index contributed by atoms with van der Waals surface area (Å²) in [5.41, 5.74) is 18.3. The van der Waals surface area contributed by atoms with Crippen LogP contribution < -0.4 is 4.90 Å². The second kappa shape index (κ2) is 15.2. The molecule has 0 radical (unpaired) electrons. The zero-order valence-electron chi connectivity index (χ0n) is 36.0. The smallest absolute Gasteiger partial charge is 0.0714 e. The van der Waals surface area contributed by atoms with Crippen LogP contribution in [0.4, 0.5) is 17.1 Å². The predicted molar refractivity (Wildman–Crippen MR) is 273 cm³/mol. The maximum Gasteiger partial charge on any atom is 0.0714 e. The van der Waals surface area contributed by atoms with Crippen molar-refractivity contribution in [3.05, 3.63) is 277 Å². The van der Waals surface area contributed by atoms with E-state index in [1.807, 2.05) is 18.5 Å². The molecule has 4 heteroatoms. The van der Waals surface area contributed by atoms with E-state index in [2.05, 4.69) is 256 Å². The van der Waals surface area contributed by atoms with Gasteiger partial charge in [-0.25, -0.2) is 0 Å². The molecule has 4 nitrogen and oxygen atoms in total. The van der Waals surface area contributed by atoms with E-state index in [4.69, 9.17) is 0 Å². The van der Waals surface area contributed by atoms with Crippen LogP contribution in [-0.4, -0.2) is 14.1 Å². The van der Waals surface area contributed by atoms with Gasteiger partial charge in [0.1, 0.15) is 0 Å². The Kier molecular flexibility index (Phi) is 8.72. The van der Waals surface area contributed by atoms with Crippen molar-refractivity contribution in [1.29, 1.82) is 0 Å². The molecule has 0 aliphatic heterocycles. The van der Waals surface area contributed by atoms with Crippen LogP contribution in [0.1, 0.15) is 22.3 Å². The number of hydrogen-bond donors (Lipinski definition) is 0. The summed E-state index contributed by atoms with van der Waals surface area (Å²) in [6.07, 6.45) is 5.95. The quantitative estimate of drug-likeness (QED) is 0.152. The molecule has 0 fully saturated rings. The summed E-state index contributed by atoms with van der Waals surface area (Å²) in [4.78, 5) is 6.86. The molecule has 12 aromatic rings. The monoisotopic (exact) mass is 842 g/mol. The Hall–Kier alpha value is -8.73. The Morgan fingerprint density at radius 2 is 1.00 bits per heavy atom. The lowest BCUT2D eigenvalue weighted by Crippen LogP contribution is -2.28. The number of pyridine rings is 1. The molecule has 0 N–H and O–H groups in total. The van der Waals surface area contributed by atoms with Gasteiger partial charge >= 0.3 is 0 Å². The van der Waals surface area contributed by atoms with Crippen molar-refractivity contribution >= 4 is 49.8 Å². The van der Waals surface area contributed by atoms with Crippen molar-refractivity contribution in [2.45, 2.75) is 5.41 Å². The van der Waals surface area contributed by atoms with Crippen LogP contribution in [0.25, 0.3) is 66.3 Å². The third-order valence-corrected chi connectivity index (χ3v) is 13.7. The average Bonchev–Trinajstić information content (AvgIpc) is 4.07. The molecule has 0 atom stereocenters. The van der Waals surface area contributed by atoms with Crippen LogP contribution >= 0.6 is 0 Å². The summed E-state index contributed by atoms with van der Waals surface area (Å²) in [6, 6.07) is 86.5. The molecular formula is C62H42N4. The van der Waals surface area contributed by atoms with E-state index < -0.39 is 5.41 Å². The second-order valence-corrected chi connectivity index (χ2v) is 17.2. The molecule has 0 spiro atoms. The largest absolute Gasteiger partial charge is 0.316 e. The molecule has 9 aromatic carbocycles. The fraction of sp³-hybridized carbons (Fsp3) is 0.0161. The SMILES string of the molecule is c1ccc(-n2ccc3c2ccc2c4cc(N(c5ccc(-c6cccnc6)cc5)c5ccc6c(c5)C(c5ccccc5)(c5ccccc5)c5ccccc5-6)ccc4n(-c4ccccc4)c23)cc1. The van der Waals surface area contributed by atoms with Gasteiger partial charge in [0, 0.05) is 63.2 Å². The standard InChI is InChI=1S/C62H42N4/c1-5-17-45(18-6-1)62(46-19-7-2-8-20-46)57-26-14-13-25-52(57)53-33-31-51(41-58(53)62)65(49-29-27-43(28-30-49)44-16-15-38-63-42-44)50-32-35-60-56(40-50)54-34-36-59-55(37-39-64(59)47-21-9-3-10-22-47)61(54)66(60)48-23-11-4-12-24-48/h1-42H. The van der Waals surface area contributed by atoms with Crippen molar-refractivity contribution in [3.8, 4) is 33.6 Å². The van der Waals surface area contributed by atoms with Gasteiger partial charge in [0.05, 0.1) is 22.0 Å². The minimum atomic E-state index is -0.533. The Balaban J connectivity index is 1.06. The third-order valence-electron chi connectivity index (χ3n) is 13.7. The minimum Gasteiger partial charge on any atom is -0.316 e. The Bertz CT molecular complexity index is 3690. The predicted octanol–water partition coefficient (Wildman–Crippen LogP) is 15.6. The number of anilines is 3. The Labute approximate surface area is 383 Å². The number of nitrogens with zero attached hydrogens (tertiary/aromatic N) is 4. The van der Waals surface area contributed by atoms with Crippen molar-refractivity contribution in [3.63, 3.8) is 0 Å². The number of para-hydroxylation sites is 2. The van der Waals surface area contributed by atoms with Gasteiger partial charge in [-0.15, -0.1) is 0 Å². The number of hydrogen-bond acceptors (Lipinski definition) is 2. The molecule has 0 bridgehead atoms. The average molecular weight is 843 g/mol. The van der Waals surface area contributed by atoms with E-state index in [1.54, 1.807) is 0 Å². The maximum atomic E-state index is 4.43. The molecule has 310 valence electrons. The Morgan fingerprint density at radius 1 is 0.394 bits per heavy atom. The van der Waals surface area contributed by atoms with Crippen molar-refractivity contribution in [2.75, 3.05) is 4.90 Å². The minimum absolute atomic E-state index is 0.533. The Morgan fingerprint density at radius 3 is 1.71 bits per heavy atom. The third kappa shape index (κ3) is 5.75. The molecule has 0 unspecified atom stereocenters. The lowest BCUT2D eigenvalue weighted by atomic mass is 9.67. The first-order valence-corrected chi connectivity index (χ1v) is 22.6. The molecule has 3 heterocycles. The van der Waals surface area contributed by atoms with Gasteiger partial charge in [0.15, 0.2) is 0 Å². The van der Waals surface area contributed by atoms with Gasteiger partial charge in [-0.3, -0.25) is 4.98 Å². The summed E-state index contributed by atoms with van der Waals surface area (Å²) in [7, 11) is 0. The van der Waals surface area contributed by atoms with Crippen molar-refractivity contribution in [1.82, 2.24) is 14.1 Å². The van der Waals surface area contributed by atoms with Crippen LogP contribution in [0, 0.1) is 0 Å². The normalized spacial score (nSPS) is 12.7. The summed E-state index contributed by atoms with van der Waals surface area (Å²) in [6.45, 7) is 0. The van der Waals surface area contributed by atoms with Gasteiger partial charge in [-0.2, -0.15) is 0 Å². The fourth-order valence-electron chi connectivity index (χ4n) is 10.9. The zero-order valence-corrected chi connectivity index (χ0v) is 36.0. The van der Waals surface area contributed by atoms with Crippen molar-refractivity contribution < 1.29 is 0 Å². The summed E-state index contributed by atoms with van der Waals surface area (Å²) >= 11 is 0. The zero-order chi connectivity index (χ0) is 43.6. The molecule has 1 aliphatic rings. The van der Waals surface area contributed by atoms with Gasteiger partial charge in [0.2, 0.25) is 0 Å². The topological polar surface area (TPSA) is 26.0 Å². The first-order chi connectivity index (χ1) is 32.8. The summed E-state index contributed by atoms with van der Waals surface area (Å²) < 4.78 is 4.74. The number of rotatable bonds is 8. The first-order valence-electron chi connectivity index (χ1n) is 22.6. The van der Waals surface area contributed by atoms with Gasteiger partial charge in [-0.1, -0.05) is 152 Å². The van der Waals surface area contributed by atoms with E-state index in [1.165, 1.54) is 60.6 Å². The van der Waals surface area contributed by atoms with Gasteiger partial charge < -0.3 is 14.0 Å². The van der Waals surface area contributed by atoms with Crippen LogP contribution in [0.2, 0.25) is 0 Å². The van der Waals surface area contributed by atoms with Crippen LogP contribution in [0.3, 0.4) is 0 Å². The number of benzene rings is 9. The van der Waals surface area contributed by atoms with Gasteiger partial charge in [0.25, 0.3) is 0 Å². The van der Waals surface area contributed by atoms with Crippen LogP contribution in [-0.2, 0) is 5.41 Å². The van der Waals surface area contributed by atoms with E-state index in [-0.39, 0.29) is 0 Å². The fourth-order valence-corrected chi connectivity index (χ4v) is 10.9. The molecule has 0 amide bonds. The molecule has 0 saturated carbocycles. The number of fused-ring (bicyclic) bond motifs is 8. The summed E-state index contributed by atoms with van der Waals surface area (Å²) in [5.74, 6) is 0. The van der Waals surface area contributed by atoms with E-state index in [0.29, 0.717) is 0 Å². The highest BCUT2D eigenvalue weighted by Gasteiger charge is 2.46. The second-order valence-electron chi connectivity index (χ2n) is 17.2. The van der Waals surface area contributed by atoms with E-state index >= 15 is 0 Å². The molecule has 13 rings (SSSR count). The maximum absolute atomic E-state index is 4.43. The number of aromatic nitrogens is 3. The highest BCUT2D eigenvalue weighted by molar-refractivity contribution is 6.19. The van der Waals surface area contributed by atoms with Crippen LogP contribution in [0.5, 0.6) is 0 Å². The highest BCUT2D eigenvalue weighted by Crippen LogP contribution is 2.57. The van der Waals surface area contributed by atoms with Crippen molar-refractivity contribution in [2.24, 2.45) is 0 Å². The molecular weight excluding hydrogens is 801 g/mol. The van der Waals surface area contributed by atoms with E-state index in [9.17, 15) is 0 Å². The molecule has 1 aliphatic carbocycles. The summed E-state index contributed by atoms with van der Waals surface area (Å²) in [5, 5.41) is 3.60. The van der Waals surface area contributed by atoms with E-state index in [0.717, 1.165) is 45.1 Å². The van der Waals surface area contributed by atoms with Crippen LogP contribution in [0.15, 0.2) is 255 Å². The molecule has 0 saturated heterocycles. The highest BCUT2D eigenvalue weighted by atomic mass is 15.1. The molecule has 66 heavy (non-hydrogen) atoms. The van der Waals surface area contributed by atoms with Gasteiger partial charge in [-0.05, 0) is 129 Å². The molecule has 3 aromatic heterocycles. The first kappa shape index (κ1) is 37.8. The lowest BCUT2D eigenvalue weighted by molar-refractivity contribution is 0.768. The lowest BCUT2D eigenvalue weighted by Gasteiger charge is -2.35.